The Labute approximate surface area is 484 Å². The van der Waals surface area contributed by atoms with Gasteiger partial charge in [0, 0.05) is 12.8 Å². The zero-order valence-electron chi connectivity index (χ0n) is 52.4. The second-order valence-corrected chi connectivity index (χ2v) is 25.7. The number of phosphoric acid groups is 1. The number of carbonyl (C=O) groups is 2. The molecule has 0 aliphatic carbocycles. The molecule has 0 spiro atoms. The number of ether oxygens (including phenoxy) is 2. The summed E-state index contributed by atoms with van der Waals surface area (Å²) < 4.78 is 34.7. The molecule has 460 valence electrons. The van der Waals surface area contributed by atoms with E-state index in [4.69, 9.17) is 18.5 Å². The Kier molecular flexibility index (Phi) is 58.5. The van der Waals surface area contributed by atoms with Crippen molar-refractivity contribution in [1.82, 2.24) is 0 Å². The van der Waals surface area contributed by atoms with Gasteiger partial charge in [-0.2, -0.15) is 0 Å². The van der Waals surface area contributed by atoms with Crippen LogP contribution in [0.5, 0.6) is 0 Å². The van der Waals surface area contributed by atoms with Crippen LogP contribution in [0.15, 0.2) is 36.5 Å². The summed E-state index contributed by atoms with van der Waals surface area (Å²) >= 11 is 0. The van der Waals surface area contributed by atoms with Crippen molar-refractivity contribution < 1.29 is 42.1 Å². The molecule has 0 heterocycles. The fourth-order valence-corrected chi connectivity index (χ4v) is 10.7. The molecule has 1 N–H and O–H groups in total. The summed E-state index contributed by atoms with van der Waals surface area (Å²) in [6.45, 7) is 4.48. The van der Waals surface area contributed by atoms with E-state index in [1.807, 2.05) is 21.1 Å². The van der Waals surface area contributed by atoms with Crippen LogP contribution in [-0.4, -0.2) is 74.9 Å². The third-order valence-electron chi connectivity index (χ3n) is 15.1. The molecule has 9 nitrogen and oxygen atoms in total. The highest BCUT2D eigenvalue weighted by Gasteiger charge is 2.27. The Bertz CT molecular complexity index is 1410. The molecule has 2 unspecified atom stereocenters. The molecule has 2 atom stereocenters. The predicted molar refractivity (Wildman–Crippen MR) is 335 cm³/mol. The van der Waals surface area contributed by atoms with Gasteiger partial charge in [-0.05, 0) is 70.6 Å². The minimum Gasteiger partial charge on any atom is -0.462 e. The Hall–Kier alpha value is -1.77. The third kappa shape index (κ3) is 63.4. The van der Waals surface area contributed by atoms with Crippen LogP contribution in [-0.2, 0) is 32.7 Å². The van der Waals surface area contributed by atoms with Crippen LogP contribution in [0, 0.1) is 0 Å². The van der Waals surface area contributed by atoms with E-state index in [-0.39, 0.29) is 25.6 Å². The van der Waals surface area contributed by atoms with Gasteiger partial charge in [0.1, 0.15) is 19.8 Å². The first-order chi connectivity index (χ1) is 38.0. The van der Waals surface area contributed by atoms with Crippen molar-refractivity contribution in [1.29, 1.82) is 0 Å². The van der Waals surface area contributed by atoms with Gasteiger partial charge in [-0.1, -0.05) is 288 Å². The molecule has 0 saturated carbocycles. The van der Waals surface area contributed by atoms with Crippen LogP contribution >= 0.6 is 7.82 Å². The first-order valence-electron chi connectivity index (χ1n) is 33.7. The van der Waals surface area contributed by atoms with Gasteiger partial charge < -0.3 is 18.9 Å². The summed E-state index contributed by atoms with van der Waals surface area (Å²) in [5.74, 6) is -0.782. The van der Waals surface area contributed by atoms with Gasteiger partial charge in [0.2, 0.25) is 0 Å². The van der Waals surface area contributed by atoms with Crippen LogP contribution in [0.25, 0.3) is 0 Å². The lowest BCUT2D eigenvalue weighted by atomic mass is 10.0. The van der Waals surface area contributed by atoms with Crippen molar-refractivity contribution in [3.05, 3.63) is 36.5 Å². The van der Waals surface area contributed by atoms with Gasteiger partial charge >= 0.3 is 19.8 Å². The standard InChI is InChI=1S/C68H130NO8P/c1-6-8-10-12-14-16-18-20-22-24-26-28-29-30-31-32-33-34-35-36-37-38-39-41-43-45-47-49-51-53-55-57-59-61-68(71)77-66(65-76-78(72,73)75-63-62-69(3,4)5)64-74-67(70)60-58-56-54-52-50-48-46-44-42-40-27-25-23-21-19-17-15-13-11-9-7-2/h18,20,24-27,66H,6-17,19,21-23,28-65H2,1-5H3/p+1/b20-18-,26-24-,27-25-. The normalized spacial score (nSPS) is 13.4. The number of nitrogens with zero attached hydrogens (tertiary/aromatic N) is 1. The minimum atomic E-state index is -4.39. The molecule has 0 aliphatic rings. The summed E-state index contributed by atoms with van der Waals surface area (Å²) in [5.41, 5.74) is 0. The van der Waals surface area contributed by atoms with E-state index in [1.165, 1.54) is 263 Å². The molecule has 0 aromatic rings. The molecule has 0 aromatic heterocycles. The molecule has 0 saturated heterocycles. The zero-order chi connectivity index (χ0) is 57.0. The van der Waals surface area contributed by atoms with E-state index in [9.17, 15) is 19.0 Å². The number of phosphoric ester groups is 1. The van der Waals surface area contributed by atoms with Crippen molar-refractivity contribution in [3.63, 3.8) is 0 Å². The van der Waals surface area contributed by atoms with Gasteiger partial charge in [-0.15, -0.1) is 0 Å². The van der Waals surface area contributed by atoms with Gasteiger partial charge in [0.25, 0.3) is 0 Å². The van der Waals surface area contributed by atoms with Crippen molar-refractivity contribution in [3.8, 4) is 0 Å². The zero-order valence-corrected chi connectivity index (χ0v) is 53.3. The fourth-order valence-electron chi connectivity index (χ4n) is 9.93. The van der Waals surface area contributed by atoms with Crippen LogP contribution in [0.3, 0.4) is 0 Å². The van der Waals surface area contributed by atoms with Gasteiger partial charge in [0.15, 0.2) is 6.10 Å². The molecule has 78 heavy (non-hydrogen) atoms. The summed E-state index contributed by atoms with van der Waals surface area (Å²) in [6.07, 6.45) is 75.3. The first kappa shape index (κ1) is 76.2. The number of likely N-dealkylation sites (N-methyl/N-ethyl adjacent to an activating group) is 1. The van der Waals surface area contributed by atoms with Crippen molar-refractivity contribution in [2.75, 3.05) is 47.5 Å². The summed E-state index contributed by atoms with van der Waals surface area (Å²) in [7, 11) is 1.49. The number of allylic oxidation sites excluding steroid dienone is 6. The number of quaternary nitrogens is 1. The maximum Gasteiger partial charge on any atom is 0.472 e. The Morgan fingerprint density at radius 3 is 1.03 bits per heavy atom. The van der Waals surface area contributed by atoms with Gasteiger partial charge in [-0.3, -0.25) is 18.6 Å². The molecule has 0 aromatic carbocycles. The van der Waals surface area contributed by atoms with Crippen LogP contribution in [0.1, 0.15) is 335 Å². The molecule has 10 heteroatoms. The fraction of sp³-hybridized carbons (Fsp3) is 0.882. The second-order valence-electron chi connectivity index (χ2n) is 24.2. The maximum atomic E-state index is 12.9. The van der Waals surface area contributed by atoms with Crippen molar-refractivity contribution >= 4 is 19.8 Å². The highest BCUT2D eigenvalue weighted by atomic mass is 31.2. The van der Waals surface area contributed by atoms with E-state index in [1.54, 1.807) is 0 Å². The number of carbonyl (C=O) groups excluding carboxylic acids is 2. The number of unbranched alkanes of at least 4 members (excludes halogenated alkanes) is 43. The van der Waals surface area contributed by atoms with E-state index in [0.717, 1.165) is 38.5 Å². The van der Waals surface area contributed by atoms with Crippen LogP contribution in [0.4, 0.5) is 0 Å². The van der Waals surface area contributed by atoms with Gasteiger partial charge in [-0.25, -0.2) is 4.57 Å². The summed E-state index contributed by atoms with van der Waals surface area (Å²) in [6, 6.07) is 0. The number of esters is 2. The quantitative estimate of drug-likeness (QED) is 0.0211. The Morgan fingerprint density at radius 1 is 0.397 bits per heavy atom. The first-order valence-corrected chi connectivity index (χ1v) is 35.2. The molecular weight excluding hydrogens is 990 g/mol. The Morgan fingerprint density at radius 2 is 0.692 bits per heavy atom. The van der Waals surface area contributed by atoms with Crippen LogP contribution < -0.4 is 0 Å². The lowest BCUT2D eigenvalue weighted by Crippen LogP contribution is -2.37. The third-order valence-corrected chi connectivity index (χ3v) is 16.1. The topological polar surface area (TPSA) is 108 Å². The summed E-state index contributed by atoms with van der Waals surface area (Å²) in [4.78, 5) is 35.8. The summed E-state index contributed by atoms with van der Waals surface area (Å²) in [5, 5.41) is 0. The number of hydrogen-bond donors (Lipinski definition) is 1. The van der Waals surface area contributed by atoms with Crippen molar-refractivity contribution in [2.45, 2.75) is 341 Å². The van der Waals surface area contributed by atoms with Crippen molar-refractivity contribution in [2.24, 2.45) is 0 Å². The Balaban J connectivity index is 4.00. The highest BCUT2D eigenvalue weighted by Crippen LogP contribution is 2.43. The van der Waals surface area contributed by atoms with E-state index in [2.05, 4.69) is 50.3 Å². The molecule has 0 amide bonds. The van der Waals surface area contributed by atoms with E-state index >= 15 is 0 Å². The molecule has 0 rings (SSSR count). The number of rotatable bonds is 63. The molecule has 0 fully saturated rings. The molecular formula is C68H131NO8P+. The highest BCUT2D eigenvalue weighted by molar-refractivity contribution is 7.47. The SMILES string of the molecule is CCCCCCC/C=C\C/C=C\CCCCCCCCCCCCCCCCCCCCCCCC(=O)OC(COC(=O)CCCCCCCCCCC/C=C\CCCCCCCCCC)COP(=O)(O)OCC[N+](C)(C)C. The number of hydrogen-bond acceptors (Lipinski definition) is 7. The average molecular weight is 1120 g/mol. The predicted octanol–water partition coefficient (Wildman–Crippen LogP) is 21.5. The lowest BCUT2D eigenvalue weighted by molar-refractivity contribution is -0.870. The lowest BCUT2D eigenvalue weighted by Gasteiger charge is -2.24. The largest absolute Gasteiger partial charge is 0.472 e. The van der Waals surface area contributed by atoms with E-state index in [0.29, 0.717) is 23.9 Å². The maximum absolute atomic E-state index is 12.9. The monoisotopic (exact) mass is 1120 g/mol. The van der Waals surface area contributed by atoms with E-state index < -0.39 is 26.5 Å². The second kappa shape index (κ2) is 59.8. The average Bonchev–Trinajstić information content (AvgIpc) is 3.41. The molecule has 0 radical (unpaired) electrons. The van der Waals surface area contributed by atoms with Gasteiger partial charge in [0.05, 0.1) is 27.7 Å². The molecule has 0 bridgehead atoms. The smallest absolute Gasteiger partial charge is 0.462 e. The minimum absolute atomic E-state index is 0.0337. The molecule has 0 aliphatic heterocycles. The van der Waals surface area contributed by atoms with Crippen LogP contribution in [0.2, 0.25) is 0 Å².